The van der Waals surface area contributed by atoms with E-state index in [1.54, 1.807) is 0 Å². The van der Waals surface area contributed by atoms with Gasteiger partial charge >= 0.3 is 66.7 Å². The Morgan fingerprint density at radius 3 is 0.878 bits per heavy atom. The molecule has 17 N–H and O–H groups in total. The van der Waals surface area contributed by atoms with Gasteiger partial charge in [0.05, 0.1) is 0 Å². The van der Waals surface area contributed by atoms with E-state index in [4.69, 9.17) is 5.11 Å². The smallest absolute Gasteiger partial charge is 0.373 e. The maximum Gasteiger partial charge on any atom is 0.373 e. The topological polar surface area (TPSA) is 507 Å². The van der Waals surface area contributed by atoms with Crippen molar-refractivity contribution < 1.29 is 125 Å². The van der Waals surface area contributed by atoms with Gasteiger partial charge in [-0.1, -0.05) is 13.8 Å². The molecule has 37 heteroatoms. The highest BCUT2D eigenvalue weighted by Crippen LogP contribution is 2.83. The molecular weight excluding hydrogens is 850 g/mol. The van der Waals surface area contributed by atoms with E-state index in [1.165, 1.54) is 0 Å². The van der Waals surface area contributed by atoms with E-state index in [2.05, 4.69) is 0 Å². The van der Waals surface area contributed by atoms with E-state index in [0.717, 1.165) is 0 Å². The van der Waals surface area contributed by atoms with Gasteiger partial charge < -0.3 is 83.4 Å². The highest BCUT2D eigenvalue weighted by atomic mass is 31.3. The lowest BCUT2D eigenvalue weighted by Gasteiger charge is -2.59. The monoisotopic (exact) mass is 885 g/mol. The number of nitrogens with zero attached hydrogens (tertiary/aromatic N) is 3. The van der Waals surface area contributed by atoms with Crippen LogP contribution in [0, 0.1) is 0 Å². The zero-order valence-electron chi connectivity index (χ0n) is 24.4. The zero-order valence-corrected chi connectivity index (χ0v) is 31.5. The molecular formula is C12H35N3O26P8. The summed E-state index contributed by atoms with van der Waals surface area (Å²) in [6.07, 6.45) is -3.05. The van der Waals surface area contributed by atoms with Gasteiger partial charge in [-0.2, -0.15) is 0 Å². The summed E-state index contributed by atoms with van der Waals surface area (Å²) in [6.45, 7) is -5.41. The molecule has 0 bridgehead atoms. The molecule has 0 saturated carbocycles. The lowest BCUT2D eigenvalue weighted by molar-refractivity contribution is -0.137. The Morgan fingerprint density at radius 1 is 0.510 bits per heavy atom. The minimum atomic E-state index is -7.66. The van der Waals surface area contributed by atoms with E-state index in [0.29, 0.717) is 13.8 Å². The third-order valence-electron chi connectivity index (χ3n) is 6.27. The highest BCUT2D eigenvalue weighted by molar-refractivity contribution is 7.75. The third kappa shape index (κ3) is 10.0. The Kier molecular flexibility index (Phi) is 15.9. The second-order valence-corrected chi connectivity index (χ2v) is 24.7. The SMILES string of the molecule is CCN(C(P(=O)(O)O)P(=O)(O)O)C(N(CCCC(=O)O)C(N(CC)C(P(=O)(O)O)P(=O)(O)O)(P(=O)(O)O)P(=O)(O)O)(P(=O)(O)O)P(=O)(O)O. The third-order valence-corrected chi connectivity index (χ3v) is 21.7. The van der Waals surface area contributed by atoms with E-state index in [-0.39, 0.29) is 0 Å². The van der Waals surface area contributed by atoms with Gasteiger partial charge in [-0.25, -0.2) is 14.7 Å². The number of hydrogen-bond acceptors (Lipinski definition) is 12. The van der Waals surface area contributed by atoms with Crippen molar-refractivity contribution >= 4 is 66.7 Å². The van der Waals surface area contributed by atoms with E-state index in [1.807, 2.05) is 0 Å². The number of carboxylic acids is 1. The Bertz CT molecular complexity index is 1410. The molecule has 0 aliphatic heterocycles. The summed E-state index contributed by atoms with van der Waals surface area (Å²) in [5.74, 6) is -2.00. The maximum absolute atomic E-state index is 13.4. The molecule has 294 valence electrons. The van der Waals surface area contributed by atoms with Gasteiger partial charge in [0.2, 0.25) is 11.0 Å². The molecule has 0 aliphatic rings. The molecule has 0 aromatic rings. The quantitative estimate of drug-likeness (QED) is 0.0428. The van der Waals surface area contributed by atoms with Crippen LogP contribution in [0.5, 0.6) is 0 Å². The first-order valence-corrected chi connectivity index (χ1v) is 25.3. The fourth-order valence-corrected chi connectivity index (χ4v) is 19.3. The molecule has 0 saturated heterocycles. The number of carbonyl (C=O) groups is 1. The average Bonchev–Trinajstić information content (AvgIpc) is 2.75. The minimum absolute atomic E-state index is 0.357. The molecule has 0 amide bonds. The van der Waals surface area contributed by atoms with Crippen LogP contribution in [0.25, 0.3) is 0 Å². The lowest BCUT2D eigenvalue weighted by Crippen LogP contribution is -2.73. The summed E-state index contributed by atoms with van der Waals surface area (Å²) >= 11 is 0. The number of aliphatic carboxylic acids is 1. The molecule has 0 spiro atoms. The van der Waals surface area contributed by atoms with Crippen LogP contribution in [0.2, 0.25) is 0 Å². The average molecular weight is 885 g/mol. The predicted octanol–water partition coefficient (Wildman–Crippen LogP) is -2.99. The predicted molar refractivity (Wildman–Crippen MR) is 158 cm³/mol. The van der Waals surface area contributed by atoms with Gasteiger partial charge in [0, 0.05) is 13.0 Å². The minimum Gasteiger partial charge on any atom is -0.481 e. The molecule has 0 aromatic carbocycles. The van der Waals surface area contributed by atoms with Crippen LogP contribution in [-0.2, 0) is 41.3 Å². The second-order valence-electron chi connectivity index (χ2n) is 9.65. The Morgan fingerprint density at radius 2 is 0.735 bits per heavy atom. The van der Waals surface area contributed by atoms with E-state index in [9.17, 15) is 120 Å². The van der Waals surface area contributed by atoms with Crippen LogP contribution in [0.3, 0.4) is 0 Å². The maximum atomic E-state index is 13.4. The van der Waals surface area contributed by atoms with Crippen molar-refractivity contribution in [2.45, 2.75) is 48.0 Å². The van der Waals surface area contributed by atoms with Crippen molar-refractivity contribution in [3.8, 4) is 0 Å². The van der Waals surface area contributed by atoms with Crippen molar-refractivity contribution in [1.82, 2.24) is 14.7 Å². The molecule has 0 radical (unpaired) electrons. The lowest BCUT2D eigenvalue weighted by atomic mass is 10.3. The molecule has 0 aliphatic carbocycles. The standard InChI is InChI=1S/C12H35N3O26P8/c1-3-13(9(42(18,19)20)43(21,22)23)11(46(30,31)32,47(33,34)35)15(7-5-6-8(16)17)12(48(36,37)38,49(39,40)41)14(4-2)10(44(24,25)26)45(27,28)29/h9-10H,3-7H2,1-2H3,(H,16,17)(H2,18,19,20)(H2,21,22,23)(H2,24,25,26)(H2,27,28,29)(H2,30,31,32)(H2,33,34,35)(H2,36,37,38)(H2,39,40,41). The van der Waals surface area contributed by atoms with Crippen LogP contribution in [0.4, 0.5) is 0 Å². The fourth-order valence-electron chi connectivity index (χ4n) is 5.02. The molecule has 0 fully saturated rings. The summed E-state index contributed by atoms with van der Waals surface area (Å²) in [7, 11) is -57.9. The number of rotatable bonds is 20. The van der Waals surface area contributed by atoms with Crippen LogP contribution in [0.1, 0.15) is 26.7 Å². The Balaban J connectivity index is 9.87. The van der Waals surface area contributed by atoms with Gasteiger partial charge in [0.1, 0.15) is 0 Å². The van der Waals surface area contributed by atoms with Crippen LogP contribution in [0.15, 0.2) is 0 Å². The van der Waals surface area contributed by atoms with Crippen molar-refractivity contribution in [2.75, 3.05) is 19.6 Å². The van der Waals surface area contributed by atoms with Crippen LogP contribution in [-0.4, -0.2) is 145 Å². The second kappa shape index (κ2) is 15.7. The van der Waals surface area contributed by atoms with E-state index < -0.39 is 135 Å². The fraction of sp³-hybridized carbons (Fsp3) is 0.917. The van der Waals surface area contributed by atoms with Crippen molar-refractivity contribution in [3.05, 3.63) is 0 Å². The molecule has 49 heavy (non-hydrogen) atoms. The van der Waals surface area contributed by atoms with E-state index >= 15 is 0 Å². The largest absolute Gasteiger partial charge is 0.481 e. The summed E-state index contributed by atoms with van der Waals surface area (Å²) in [4.78, 5) is 171. The summed E-state index contributed by atoms with van der Waals surface area (Å²) < 4.78 is 104. The summed E-state index contributed by atoms with van der Waals surface area (Å²) in [5.41, 5.74) is -8.49. The molecule has 0 unspecified atom stereocenters. The Hall–Kier alpha value is 0.550. The first-order chi connectivity index (χ1) is 21.2. The van der Waals surface area contributed by atoms with Gasteiger partial charge in [-0.05, 0) is 19.5 Å². The van der Waals surface area contributed by atoms with Gasteiger partial charge in [0.15, 0.2) is 0 Å². The first-order valence-electron chi connectivity index (χ1n) is 12.1. The van der Waals surface area contributed by atoms with Crippen LogP contribution < -0.4 is 0 Å². The number of carboxylic acid groups (broad SMARTS) is 1. The summed E-state index contributed by atoms with van der Waals surface area (Å²) in [5, 5.41) is -2.21. The normalized spacial score (nSPS) is 15.7. The first kappa shape index (κ1) is 49.6. The molecule has 29 nitrogen and oxygen atoms in total. The summed E-state index contributed by atoms with van der Waals surface area (Å²) in [6, 6.07) is 0. The van der Waals surface area contributed by atoms with Crippen molar-refractivity contribution in [2.24, 2.45) is 0 Å². The molecule has 0 rings (SSSR count). The zero-order chi connectivity index (χ0) is 40.0. The highest BCUT2D eigenvalue weighted by Gasteiger charge is 2.83. The molecule has 0 atom stereocenters. The molecule has 0 aromatic heterocycles. The van der Waals surface area contributed by atoms with Crippen molar-refractivity contribution in [3.63, 3.8) is 0 Å². The van der Waals surface area contributed by atoms with Gasteiger partial charge in [0.25, 0.3) is 10.3 Å². The van der Waals surface area contributed by atoms with Crippen molar-refractivity contribution in [1.29, 1.82) is 0 Å². The number of hydrogen-bond donors (Lipinski definition) is 17. The Labute approximate surface area is 273 Å². The van der Waals surface area contributed by atoms with Gasteiger partial charge in [-0.15, -0.1) is 0 Å². The van der Waals surface area contributed by atoms with Gasteiger partial charge in [-0.3, -0.25) is 41.3 Å². The molecule has 0 heterocycles. The van der Waals surface area contributed by atoms with Crippen LogP contribution >= 0.6 is 60.8 Å².